The maximum Gasteiger partial charge on any atom is 0.315 e. The van der Waals surface area contributed by atoms with Crippen molar-refractivity contribution in [3.05, 3.63) is 58.9 Å². The summed E-state index contributed by atoms with van der Waals surface area (Å²) in [7, 11) is 0. The number of urea groups is 1. The Bertz CT molecular complexity index is 723. The Morgan fingerprint density at radius 3 is 3.04 bits per heavy atom. The van der Waals surface area contributed by atoms with Crippen LogP contribution in [0.15, 0.2) is 42.7 Å². The number of aromatic nitrogens is 1. The number of benzene rings is 1. The number of carbonyl (C=O) groups excluding carboxylic acids is 1. The van der Waals surface area contributed by atoms with Crippen LogP contribution in [0, 0.1) is 12.8 Å². The van der Waals surface area contributed by atoms with Crippen LogP contribution in [0.3, 0.4) is 0 Å². The molecule has 2 aromatic rings. The summed E-state index contributed by atoms with van der Waals surface area (Å²) in [6.45, 7) is 5.19. The SMILES string of the molecule is Cc1ccc(Cl)cc1N1CCC(CNC(=O)NCc2cccnc2)C1. The fourth-order valence-corrected chi connectivity index (χ4v) is 3.29. The normalized spacial score (nSPS) is 16.7. The molecule has 0 bridgehead atoms. The summed E-state index contributed by atoms with van der Waals surface area (Å²) in [6.07, 6.45) is 4.54. The molecule has 3 rings (SSSR count). The third kappa shape index (κ3) is 4.86. The Kier molecular flexibility index (Phi) is 5.76. The van der Waals surface area contributed by atoms with Gasteiger partial charge >= 0.3 is 6.03 Å². The van der Waals surface area contributed by atoms with Gasteiger partial charge in [-0.1, -0.05) is 23.7 Å². The quantitative estimate of drug-likeness (QED) is 0.861. The second-order valence-corrected chi connectivity index (χ2v) is 6.89. The molecule has 5 nitrogen and oxygen atoms in total. The Balaban J connectivity index is 1.44. The van der Waals surface area contributed by atoms with Gasteiger partial charge in [-0.25, -0.2) is 4.79 Å². The molecule has 0 saturated carbocycles. The van der Waals surface area contributed by atoms with E-state index in [0.29, 0.717) is 19.0 Å². The van der Waals surface area contributed by atoms with Crippen molar-refractivity contribution < 1.29 is 4.79 Å². The first-order chi connectivity index (χ1) is 12.1. The minimum absolute atomic E-state index is 0.138. The van der Waals surface area contributed by atoms with Gasteiger partial charge in [0, 0.05) is 49.3 Å². The number of anilines is 1. The monoisotopic (exact) mass is 358 g/mol. The molecule has 0 radical (unpaired) electrons. The lowest BCUT2D eigenvalue weighted by Crippen LogP contribution is -2.38. The molecule has 6 heteroatoms. The summed E-state index contributed by atoms with van der Waals surface area (Å²) in [5.74, 6) is 0.447. The van der Waals surface area contributed by atoms with Gasteiger partial charge < -0.3 is 15.5 Å². The lowest BCUT2D eigenvalue weighted by molar-refractivity contribution is 0.239. The number of nitrogens with zero attached hydrogens (tertiary/aromatic N) is 2. The lowest BCUT2D eigenvalue weighted by atomic mass is 10.1. The third-order valence-corrected chi connectivity index (χ3v) is 4.76. The van der Waals surface area contributed by atoms with Crippen LogP contribution < -0.4 is 15.5 Å². The van der Waals surface area contributed by atoms with Gasteiger partial charge in [0.25, 0.3) is 0 Å². The topological polar surface area (TPSA) is 57.3 Å². The minimum atomic E-state index is -0.138. The maximum absolute atomic E-state index is 11.9. The average Bonchev–Trinajstić information content (AvgIpc) is 3.10. The van der Waals surface area contributed by atoms with Crippen molar-refractivity contribution in [1.82, 2.24) is 15.6 Å². The molecule has 1 aromatic carbocycles. The van der Waals surface area contributed by atoms with E-state index >= 15 is 0 Å². The molecule has 0 aliphatic carbocycles. The number of aryl methyl sites for hydroxylation is 1. The van der Waals surface area contributed by atoms with Crippen LogP contribution >= 0.6 is 11.6 Å². The Hall–Kier alpha value is -2.27. The number of pyridine rings is 1. The van der Waals surface area contributed by atoms with Crippen molar-refractivity contribution in [2.75, 3.05) is 24.5 Å². The number of amides is 2. The van der Waals surface area contributed by atoms with Crippen molar-refractivity contribution in [2.45, 2.75) is 19.9 Å². The zero-order valence-electron chi connectivity index (χ0n) is 14.3. The second-order valence-electron chi connectivity index (χ2n) is 6.46. The van der Waals surface area contributed by atoms with Crippen LogP contribution in [0.5, 0.6) is 0 Å². The Morgan fingerprint density at radius 1 is 1.36 bits per heavy atom. The molecule has 1 saturated heterocycles. The maximum atomic E-state index is 11.9. The van der Waals surface area contributed by atoms with E-state index in [1.807, 2.05) is 24.3 Å². The van der Waals surface area contributed by atoms with Crippen molar-refractivity contribution in [2.24, 2.45) is 5.92 Å². The molecule has 2 amide bonds. The van der Waals surface area contributed by atoms with Crippen LogP contribution in [0.25, 0.3) is 0 Å². The lowest BCUT2D eigenvalue weighted by Gasteiger charge is -2.21. The van der Waals surface area contributed by atoms with Crippen LogP contribution in [0.1, 0.15) is 17.5 Å². The zero-order valence-corrected chi connectivity index (χ0v) is 15.1. The van der Waals surface area contributed by atoms with Crippen LogP contribution in [0.2, 0.25) is 5.02 Å². The van der Waals surface area contributed by atoms with E-state index in [1.54, 1.807) is 12.4 Å². The number of hydrogen-bond donors (Lipinski definition) is 2. The van der Waals surface area contributed by atoms with Crippen molar-refractivity contribution in [3.8, 4) is 0 Å². The number of nitrogens with one attached hydrogen (secondary N) is 2. The molecule has 1 fully saturated rings. The smallest absolute Gasteiger partial charge is 0.315 e. The molecule has 0 spiro atoms. The highest BCUT2D eigenvalue weighted by molar-refractivity contribution is 6.30. The predicted octanol–water partition coefficient (Wildman–Crippen LogP) is 3.37. The molecular weight excluding hydrogens is 336 g/mol. The fraction of sp³-hybridized carbons (Fsp3) is 0.368. The van der Waals surface area contributed by atoms with E-state index in [4.69, 9.17) is 11.6 Å². The van der Waals surface area contributed by atoms with Gasteiger partial charge in [-0.3, -0.25) is 4.98 Å². The molecule has 2 N–H and O–H groups in total. The van der Waals surface area contributed by atoms with E-state index in [2.05, 4.69) is 33.5 Å². The van der Waals surface area contributed by atoms with Crippen molar-refractivity contribution in [1.29, 1.82) is 0 Å². The molecule has 1 unspecified atom stereocenters. The second kappa shape index (κ2) is 8.21. The van der Waals surface area contributed by atoms with Gasteiger partial charge in [0.1, 0.15) is 0 Å². The Labute approximate surface area is 153 Å². The average molecular weight is 359 g/mol. The van der Waals surface area contributed by atoms with Gasteiger partial charge in [-0.05, 0) is 48.6 Å². The third-order valence-electron chi connectivity index (χ3n) is 4.52. The van der Waals surface area contributed by atoms with Crippen LogP contribution in [0.4, 0.5) is 10.5 Å². The minimum Gasteiger partial charge on any atom is -0.371 e. The van der Waals surface area contributed by atoms with Gasteiger partial charge in [0.15, 0.2) is 0 Å². The molecule has 1 aliphatic rings. The summed E-state index contributed by atoms with van der Waals surface area (Å²) in [4.78, 5) is 18.3. The summed E-state index contributed by atoms with van der Waals surface area (Å²) < 4.78 is 0. The standard InChI is InChI=1S/C19H23ClN4O/c1-14-4-5-17(20)9-18(14)24-8-6-16(13-24)12-23-19(25)22-11-15-3-2-7-21-10-15/h2-5,7,9-10,16H,6,8,11-13H2,1H3,(H2,22,23,25). The predicted molar refractivity (Wildman–Crippen MR) is 101 cm³/mol. The van der Waals surface area contributed by atoms with E-state index in [-0.39, 0.29) is 6.03 Å². The van der Waals surface area contributed by atoms with E-state index in [1.165, 1.54) is 11.3 Å². The molecule has 1 atom stereocenters. The van der Waals surface area contributed by atoms with Crippen LogP contribution in [-0.2, 0) is 6.54 Å². The molecule has 1 aliphatic heterocycles. The summed E-state index contributed by atoms with van der Waals surface area (Å²) >= 11 is 6.12. The number of halogens is 1. The Morgan fingerprint density at radius 2 is 2.24 bits per heavy atom. The van der Waals surface area contributed by atoms with Gasteiger partial charge in [0.05, 0.1) is 0 Å². The molecule has 1 aromatic heterocycles. The first-order valence-corrected chi connectivity index (χ1v) is 8.91. The molecule has 2 heterocycles. The summed E-state index contributed by atoms with van der Waals surface area (Å²) in [6, 6.07) is 9.65. The first-order valence-electron chi connectivity index (χ1n) is 8.53. The van der Waals surface area contributed by atoms with Gasteiger partial charge in [0.2, 0.25) is 0 Å². The largest absolute Gasteiger partial charge is 0.371 e. The molecular formula is C19H23ClN4O. The summed E-state index contributed by atoms with van der Waals surface area (Å²) in [5.41, 5.74) is 3.41. The number of hydrogen-bond acceptors (Lipinski definition) is 3. The van der Waals surface area contributed by atoms with Crippen molar-refractivity contribution >= 4 is 23.3 Å². The number of carbonyl (C=O) groups is 1. The fourth-order valence-electron chi connectivity index (χ4n) is 3.13. The van der Waals surface area contributed by atoms with E-state index in [9.17, 15) is 4.79 Å². The highest BCUT2D eigenvalue weighted by Crippen LogP contribution is 2.29. The molecule has 25 heavy (non-hydrogen) atoms. The first kappa shape index (κ1) is 17.5. The zero-order chi connectivity index (χ0) is 17.6. The van der Waals surface area contributed by atoms with E-state index in [0.717, 1.165) is 30.1 Å². The summed E-state index contributed by atoms with van der Waals surface area (Å²) in [5, 5.41) is 6.59. The van der Waals surface area contributed by atoms with Gasteiger partial charge in [-0.2, -0.15) is 0 Å². The molecule has 132 valence electrons. The highest BCUT2D eigenvalue weighted by atomic mass is 35.5. The van der Waals surface area contributed by atoms with Gasteiger partial charge in [-0.15, -0.1) is 0 Å². The van der Waals surface area contributed by atoms with Crippen molar-refractivity contribution in [3.63, 3.8) is 0 Å². The highest BCUT2D eigenvalue weighted by Gasteiger charge is 2.24. The number of rotatable bonds is 5. The van der Waals surface area contributed by atoms with E-state index < -0.39 is 0 Å². The van der Waals surface area contributed by atoms with Crippen LogP contribution in [-0.4, -0.2) is 30.6 Å².